The number of urea groups is 2. The van der Waals surface area contributed by atoms with Gasteiger partial charge in [0.1, 0.15) is 63.3 Å². The third-order valence-corrected chi connectivity index (χ3v) is 19.8. The van der Waals surface area contributed by atoms with Crippen molar-refractivity contribution in [2.75, 3.05) is 337 Å². The van der Waals surface area contributed by atoms with E-state index in [1.54, 1.807) is 60.7 Å². The molecule has 0 saturated carbocycles. The van der Waals surface area contributed by atoms with E-state index in [4.69, 9.17) is 128 Å². The minimum atomic E-state index is -0.567. The van der Waals surface area contributed by atoms with Gasteiger partial charge in [-0.05, 0) is 129 Å². The van der Waals surface area contributed by atoms with Crippen LogP contribution in [-0.2, 0) is 99.5 Å². The van der Waals surface area contributed by atoms with E-state index >= 15 is 0 Å². The Hall–Kier alpha value is -7.65. The van der Waals surface area contributed by atoms with Gasteiger partial charge >= 0.3 is 24.2 Å². The normalized spacial score (nSPS) is 18.1. The van der Waals surface area contributed by atoms with Crippen LogP contribution in [0.5, 0.6) is 34.5 Å². The van der Waals surface area contributed by atoms with Crippen molar-refractivity contribution in [3.05, 3.63) is 84.9 Å². The lowest BCUT2D eigenvalue weighted by Gasteiger charge is -2.19. The summed E-state index contributed by atoms with van der Waals surface area (Å²) in [5.74, 6) is 6.32. The summed E-state index contributed by atoms with van der Waals surface area (Å²) in [6, 6.07) is 24.6. The molecule has 0 aromatic heterocycles. The zero-order chi connectivity index (χ0) is 94.3. The van der Waals surface area contributed by atoms with Crippen molar-refractivity contribution in [2.45, 2.75) is 131 Å². The molecule has 0 radical (unpaired) electrons. The fourth-order valence-electron chi connectivity index (χ4n) is 11.6. The summed E-state index contributed by atoms with van der Waals surface area (Å²) in [4.78, 5) is 48.5. The Morgan fingerprint density at radius 1 is 0.291 bits per heavy atom. The van der Waals surface area contributed by atoms with Gasteiger partial charge in [-0.1, -0.05) is 73.6 Å². The van der Waals surface area contributed by atoms with Crippen molar-refractivity contribution in [1.29, 1.82) is 0 Å². The number of unbranched alkanes of at least 4 members (excludes halogenated alkanes) is 8. The number of hydrogen-bond acceptors (Lipinski definition) is 32. The second-order valence-corrected chi connectivity index (χ2v) is 31.0. The number of carbonyl (C=O) groups is 4. The van der Waals surface area contributed by atoms with E-state index in [0.29, 0.717) is 323 Å². The van der Waals surface area contributed by atoms with Crippen molar-refractivity contribution in [3.63, 3.8) is 0 Å². The minimum Gasteiger partial charge on any atom is -0.494 e. The van der Waals surface area contributed by atoms with Gasteiger partial charge in [0.2, 0.25) is 0 Å². The summed E-state index contributed by atoms with van der Waals surface area (Å²) < 4.78 is 150. The smallest absolute Gasteiger partial charge is 0.411 e. The number of amides is 6. The monoisotopic (exact) mass is 1930 g/mol. The molecule has 4 aliphatic rings. The highest BCUT2D eigenvalue weighted by Gasteiger charge is 2.19. The highest BCUT2D eigenvalue weighted by atomic mass is 32.2. The molecule has 766 valence electrons. The predicted molar refractivity (Wildman–Crippen MR) is 513 cm³/mol. The lowest BCUT2D eigenvalue weighted by molar-refractivity contribution is -0.0746. The van der Waals surface area contributed by atoms with E-state index in [1.165, 1.54) is 56.5 Å². The van der Waals surface area contributed by atoms with Crippen LogP contribution < -0.4 is 60.3 Å². The molecular weight excluding hydrogens is 1770 g/mol. The van der Waals surface area contributed by atoms with Crippen molar-refractivity contribution < 1.29 is 147 Å². The fourth-order valence-corrected chi connectivity index (χ4v) is 12.7. The lowest BCUT2D eigenvalue weighted by Crippen LogP contribution is -2.30. The van der Waals surface area contributed by atoms with Crippen molar-refractivity contribution >= 4 is 58.8 Å². The number of hydrogen-bond donors (Lipinski definition) is 6. The number of thioether (sulfide) groups is 1. The summed E-state index contributed by atoms with van der Waals surface area (Å²) in [6.45, 7) is 29.4. The molecular formula is C96H160N6O31S. The molecule has 4 aromatic rings. The SMILES string of the molecule is C.CCCCCCOc1ccc(NC(=O)OCC2COCCOCCOCCOCCOCCO2)cc1.CCCCNC(=O)Nc1ccc2c(c1)OCCOCCOCCOCCO2.CCCCNC(=O)Nc1ccc2c(c1)OCCOCCOCCOCCOCCO2.CCCCSCCCCCOc1ccc(NC(=O)OCC2COCCOCCOCCOCCOCCO2)cc1. The highest BCUT2D eigenvalue weighted by Crippen LogP contribution is 2.33. The molecule has 38 heteroatoms. The van der Waals surface area contributed by atoms with Crippen LogP contribution >= 0.6 is 11.8 Å². The largest absolute Gasteiger partial charge is 0.494 e. The second kappa shape index (κ2) is 86.9. The number of fused-ring (bicyclic) bond motifs is 2. The van der Waals surface area contributed by atoms with Crippen LogP contribution in [-0.4, -0.2) is 352 Å². The first kappa shape index (κ1) is 119. The molecule has 8 rings (SSSR count). The Morgan fingerprint density at radius 2 is 0.567 bits per heavy atom. The van der Waals surface area contributed by atoms with Crippen LogP contribution in [0.15, 0.2) is 84.9 Å². The third-order valence-electron chi connectivity index (χ3n) is 18.7. The number of ether oxygens (including phenoxy) is 27. The third kappa shape index (κ3) is 67.6. The molecule has 2 atom stereocenters. The van der Waals surface area contributed by atoms with E-state index in [2.05, 4.69) is 59.6 Å². The maximum absolute atomic E-state index is 12.4. The van der Waals surface area contributed by atoms with Crippen LogP contribution in [0.3, 0.4) is 0 Å². The predicted octanol–water partition coefficient (Wildman–Crippen LogP) is 14.0. The molecule has 2 unspecified atom stereocenters. The van der Waals surface area contributed by atoms with Gasteiger partial charge in [0.15, 0.2) is 23.0 Å². The molecule has 4 heterocycles. The standard InChI is InChI=1S/C29H49NO9S.C26H43NO9.C21H34N2O7.C19H30N2O6.CH4/c1-2-3-22-40-23-6-4-5-11-37-27-9-7-26(8-10-27)30-29(31)39-25-28-24-36-19-18-34-15-14-32-12-13-33-16-17-35-20-21-38-28;1-2-3-4-5-10-34-24-8-6-23(7-9-24)27-26(28)36-22-25-21-33-18-17-31-14-13-29-11-12-30-15-16-32-19-20-35-25;1-2-3-6-22-21(24)23-18-4-5-19-20(17-18)30-16-14-28-12-10-26-8-7-25-9-11-27-13-15-29-19;1-2-3-6-20-19(22)21-16-4-5-17-18(15-16)27-14-12-25-10-8-23-7-9-24-11-13-26-17;/h7-10,28H,2-6,11-25H2,1H3,(H,30,31);6-9,25H,2-5,10-22H2,1H3,(H,27,28);4-5,17H,2-3,6-16H2,1H3,(H2,22,23,24);4-5,15H,2-3,6-14H2,1H3,(H2,20,21,22);1H4. The number of carbonyl (C=O) groups excluding carboxylic acids is 4. The molecule has 134 heavy (non-hydrogen) atoms. The first-order chi connectivity index (χ1) is 65.6. The van der Waals surface area contributed by atoms with Crippen LogP contribution in [0.25, 0.3) is 0 Å². The first-order valence-electron chi connectivity index (χ1n) is 47.5. The molecule has 2 fully saturated rings. The highest BCUT2D eigenvalue weighted by molar-refractivity contribution is 7.99. The second-order valence-electron chi connectivity index (χ2n) is 29.8. The van der Waals surface area contributed by atoms with Gasteiger partial charge in [0.05, 0.1) is 251 Å². The zero-order valence-electron chi connectivity index (χ0n) is 79.4. The molecule has 0 bridgehead atoms. The number of benzene rings is 4. The average molecular weight is 1930 g/mol. The van der Waals surface area contributed by atoms with E-state index < -0.39 is 24.4 Å². The van der Waals surface area contributed by atoms with Crippen molar-refractivity contribution in [3.8, 4) is 34.5 Å². The summed E-state index contributed by atoms with van der Waals surface area (Å²) in [6.07, 6.45) is 12.6. The Balaban J connectivity index is 0.000000376. The van der Waals surface area contributed by atoms with Gasteiger partial charge in [0, 0.05) is 48.0 Å². The van der Waals surface area contributed by atoms with E-state index in [9.17, 15) is 19.2 Å². The molecule has 6 amide bonds. The summed E-state index contributed by atoms with van der Waals surface area (Å²) >= 11 is 2.04. The van der Waals surface area contributed by atoms with Gasteiger partial charge in [-0.2, -0.15) is 11.8 Å². The first-order valence-corrected chi connectivity index (χ1v) is 48.6. The van der Waals surface area contributed by atoms with Gasteiger partial charge in [-0.25, -0.2) is 19.2 Å². The topological polar surface area (TPSA) is 390 Å². The molecule has 4 aliphatic heterocycles. The lowest BCUT2D eigenvalue weighted by atomic mass is 10.2. The van der Waals surface area contributed by atoms with Crippen LogP contribution in [0.2, 0.25) is 0 Å². The van der Waals surface area contributed by atoms with Crippen LogP contribution in [0, 0.1) is 0 Å². The number of nitrogens with one attached hydrogen (secondary N) is 6. The van der Waals surface area contributed by atoms with Gasteiger partial charge in [0.25, 0.3) is 0 Å². The average Bonchev–Trinajstić information content (AvgIpc) is 0.874. The van der Waals surface area contributed by atoms with Crippen molar-refractivity contribution in [2.24, 2.45) is 0 Å². The molecule has 2 saturated heterocycles. The Bertz CT molecular complexity index is 3380. The Morgan fingerprint density at radius 3 is 0.888 bits per heavy atom. The molecule has 37 nitrogen and oxygen atoms in total. The van der Waals surface area contributed by atoms with E-state index in [0.717, 1.165) is 50.0 Å². The summed E-state index contributed by atoms with van der Waals surface area (Å²) in [5, 5.41) is 16.7. The van der Waals surface area contributed by atoms with Gasteiger partial charge in [-0.15, -0.1) is 0 Å². The van der Waals surface area contributed by atoms with Crippen LogP contribution in [0.1, 0.15) is 119 Å². The van der Waals surface area contributed by atoms with E-state index in [1.807, 2.05) is 36.0 Å². The fraction of sp³-hybridized carbons (Fsp3) is 0.708. The van der Waals surface area contributed by atoms with Crippen LogP contribution in [0.4, 0.5) is 41.9 Å². The van der Waals surface area contributed by atoms with Gasteiger partial charge < -0.3 is 149 Å². The Kier molecular flexibility index (Phi) is 76.9. The Labute approximate surface area is 799 Å². The summed E-state index contributed by atoms with van der Waals surface area (Å²) in [7, 11) is 0. The minimum absolute atomic E-state index is 0. The zero-order valence-corrected chi connectivity index (χ0v) is 80.3. The maximum Gasteiger partial charge on any atom is 0.411 e. The molecule has 0 spiro atoms. The molecule has 0 aliphatic carbocycles. The quantitative estimate of drug-likeness (QED) is 0.0264. The number of anilines is 4. The number of rotatable bonds is 30. The van der Waals surface area contributed by atoms with Crippen molar-refractivity contribution in [1.82, 2.24) is 10.6 Å². The maximum atomic E-state index is 12.4. The van der Waals surface area contributed by atoms with E-state index in [-0.39, 0.29) is 45.9 Å². The molecule has 4 aromatic carbocycles. The molecule has 6 N–H and O–H groups in total. The summed E-state index contributed by atoms with van der Waals surface area (Å²) in [5.41, 5.74) is 2.50. The van der Waals surface area contributed by atoms with Gasteiger partial charge in [-0.3, -0.25) is 10.6 Å².